The van der Waals surface area contributed by atoms with Crippen LogP contribution in [0.2, 0.25) is 0 Å². The van der Waals surface area contributed by atoms with Gasteiger partial charge in [0.05, 0.1) is 23.6 Å². The predicted octanol–water partition coefficient (Wildman–Crippen LogP) is 5.92. The Kier molecular flexibility index (Phi) is 6.18. The van der Waals surface area contributed by atoms with Crippen molar-refractivity contribution < 1.29 is 19.2 Å². The number of anilines is 1. The van der Waals surface area contributed by atoms with Gasteiger partial charge in [-0.2, -0.15) is 0 Å². The molecule has 5 rings (SSSR count). The zero-order valence-electron chi connectivity index (χ0n) is 21.4. The van der Waals surface area contributed by atoms with Crippen LogP contribution in [-0.4, -0.2) is 44.6 Å². The Morgan fingerprint density at radius 1 is 0.919 bits per heavy atom. The monoisotopic (exact) mass is 629 g/mol. The van der Waals surface area contributed by atoms with Crippen LogP contribution in [-0.2, 0) is 14.4 Å². The van der Waals surface area contributed by atoms with E-state index in [1.165, 1.54) is 9.80 Å². The van der Waals surface area contributed by atoms with Crippen LogP contribution in [0.1, 0.15) is 52.6 Å². The topological polar surface area (TPSA) is 78.0 Å². The lowest BCUT2D eigenvalue weighted by atomic mass is 9.74. The van der Waals surface area contributed by atoms with Gasteiger partial charge in [-0.15, -0.1) is 0 Å². The maximum absolute atomic E-state index is 14.5. The van der Waals surface area contributed by atoms with Crippen molar-refractivity contribution in [3.63, 3.8) is 0 Å². The number of likely N-dealkylation sites (tertiary alicyclic amines) is 1. The van der Waals surface area contributed by atoms with Crippen LogP contribution in [0.15, 0.2) is 57.5 Å². The molecule has 3 heterocycles. The van der Waals surface area contributed by atoms with Gasteiger partial charge in [-0.3, -0.25) is 19.3 Å². The van der Waals surface area contributed by atoms with Crippen LogP contribution >= 0.6 is 31.9 Å². The van der Waals surface area contributed by atoms with E-state index in [-0.39, 0.29) is 24.2 Å². The average molecular weight is 631 g/mol. The summed E-state index contributed by atoms with van der Waals surface area (Å²) < 4.78 is 1.58. The van der Waals surface area contributed by atoms with Crippen molar-refractivity contribution in [1.29, 1.82) is 0 Å². The highest BCUT2D eigenvalue weighted by molar-refractivity contribution is 9.10. The maximum Gasteiger partial charge on any atom is 0.332 e. The van der Waals surface area contributed by atoms with Crippen LogP contribution in [0.3, 0.4) is 0 Å². The van der Waals surface area contributed by atoms with E-state index in [0.29, 0.717) is 5.69 Å². The molecular formula is C28H29Br2N3O4. The number of halogens is 2. The van der Waals surface area contributed by atoms with Crippen LogP contribution in [0, 0.1) is 17.8 Å². The first-order valence-electron chi connectivity index (χ1n) is 12.4. The van der Waals surface area contributed by atoms with Gasteiger partial charge in [0.2, 0.25) is 11.8 Å². The molecule has 9 heteroatoms. The summed E-state index contributed by atoms with van der Waals surface area (Å²) in [4.78, 5) is 60.9. The predicted molar refractivity (Wildman–Crippen MR) is 147 cm³/mol. The molecular weight excluding hydrogens is 602 g/mol. The van der Waals surface area contributed by atoms with Crippen molar-refractivity contribution in [3.05, 3.63) is 63.0 Å². The number of rotatable bonds is 4. The number of urea groups is 1. The van der Waals surface area contributed by atoms with Gasteiger partial charge in [0, 0.05) is 14.5 Å². The van der Waals surface area contributed by atoms with Crippen molar-refractivity contribution in [1.82, 2.24) is 9.80 Å². The number of hydrogen-bond acceptors (Lipinski definition) is 4. The number of carbonyl (C=O) groups excluding carboxylic acids is 4. The van der Waals surface area contributed by atoms with Gasteiger partial charge in [-0.05, 0) is 69.0 Å². The molecule has 0 spiro atoms. The molecule has 0 N–H and O–H groups in total. The summed E-state index contributed by atoms with van der Waals surface area (Å²) in [6.07, 6.45) is 0.271. The highest BCUT2D eigenvalue weighted by atomic mass is 79.9. The summed E-state index contributed by atoms with van der Waals surface area (Å²) in [7, 11) is 0. The second-order valence-electron chi connectivity index (χ2n) is 11.5. The number of benzene rings is 2. The lowest BCUT2D eigenvalue weighted by molar-refractivity contribution is -0.149. The molecule has 3 aliphatic rings. The standard InChI is InChI=1S/C28H29Br2N3O4/c1-15(2)14-28-21-20(23(34)33(24(21)35)27(3,4)5)22(16-9-11-17(29)12-10-16)32(28)26(37)31(25(28)36)19-8-6-7-18(30)13-19/h6-13,15,20-22H,14H2,1-5H3/t20-,21-,22-,28-/m1/s1. The Labute approximate surface area is 233 Å². The normalized spacial score (nSPS) is 27.6. The molecule has 2 aromatic carbocycles. The summed E-state index contributed by atoms with van der Waals surface area (Å²) in [6, 6.07) is 13.2. The fourth-order valence-corrected chi connectivity index (χ4v) is 7.09. The molecule has 0 aliphatic carbocycles. The average Bonchev–Trinajstić information content (AvgIpc) is 3.31. The van der Waals surface area contributed by atoms with Gasteiger partial charge >= 0.3 is 6.03 Å². The van der Waals surface area contributed by atoms with Crippen molar-refractivity contribution in [3.8, 4) is 0 Å². The third kappa shape index (κ3) is 3.72. The molecule has 0 aromatic heterocycles. The SMILES string of the molecule is CC(C)C[C@@]12C(=O)N(c3cccc(Br)c3)C(=O)N1[C@H](c1ccc(Br)cc1)[C@@H]1C(=O)N(C(C)(C)C)C(=O)[C@@H]12. The van der Waals surface area contributed by atoms with Crippen molar-refractivity contribution >= 4 is 61.3 Å². The van der Waals surface area contributed by atoms with E-state index >= 15 is 0 Å². The lowest BCUT2D eigenvalue weighted by Crippen LogP contribution is -2.56. The molecule has 3 aliphatic heterocycles. The first-order valence-corrected chi connectivity index (χ1v) is 14.0. The molecule has 194 valence electrons. The van der Waals surface area contributed by atoms with Crippen molar-refractivity contribution in [2.45, 2.75) is 58.2 Å². The highest BCUT2D eigenvalue weighted by Crippen LogP contribution is 2.61. The molecule has 0 bridgehead atoms. The number of imide groups is 2. The Morgan fingerprint density at radius 3 is 2.14 bits per heavy atom. The third-order valence-electron chi connectivity index (χ3n) is 7.55. The smallest absolute Gasteiger partial charge is 0.300 e. The fourth-order valence-electron chi connectivity index (χ4n) is 6.44. The number of amides is 5. The van der Waals surface area contributed by atoms with E-state index in [1.807, 2.05) is 65.0 Å². The van der Waals surface area contributed by atoms with E-state index in [9.17, 15) is 19.2 Å². The van der Waals surface area contributed by atoms with Crippen LogP contribution in [0.25, 0.3) is 0 Å². The van der Waals surface area contributed by atoms with Crippen LogP contribution in [0.5, 0.6) is 0 Å². The Balaban J connectivity index is 1.78. The quantitative estimate of drug-likeness (QED) is 0.310. The van der Waals surface area contributed by atoms with Crippen molar-refractivity contribution in [2.24, 2.45) is 17.8 Å². The highest BCUT2D eigenvalue weighted by Gasteiger charge is 2.77. The second-order valence-corrected chi connectivity index (χ2v) is 13.3. The molecule has 5 amide bonds. The molecule has 0 unspecified atom stereocenters. The third-order valence-corrected chi connectivity index (χ3v) is 8.57. The number of hydrogen-bond donors (Lipinski definition) is 0. The minimum absolute atomic E-state index is 0.0161. The molecule has 0 radical (unpaired) electrons. The summed E-state index contributed by atoms with van der Waals surface area (Å²) in [5, 5.41) is 0. The van der Waals surface area contributed by atoms with Crippen LogP contribution < -0.4 is 4.90 Å². The first kappa shape index (κ1) is 26.1. The van der Waals surface area contributed by atoms with Crippen LogP contribution in [0.4, 0.5) is 10.5 Å². The minimum atomic E-state index is -1.47. The Hall–Kier alpha value is -2.52. The van der Waals surface area contributed by atoms with Crippen molar-refractivity contribution in [2.75, 3.05) is 4.90 Å². The van der Waals surface area contributed by atoms with E-state index in [2.05, 4.69) is 31.9 Å². The van der Waals surface area contributed by atoms with E-state index in [0.717, 1.165) is 14.5 Å². The minimum Gasteiger partial charge on any atom is -0.300 e. The van der Waals surface area contributed by atoms with E-state index in [1.54, 1.807) is 23.1 Å². The Morgan fingerprint density at radius 2 is 1.57 bits per heavy atom. The molecule has 3 saturated heterocycles. The summed E-state index contributed by atoms with van der Waals surface area (Å²) in [5.41, 5.74) is -1.08. The summed E-state index contributed by atoms with van der Waals surface area (Å²) >= 11 is 6.90. The zero-order chi connectivity index (χ0) is 27.0. The number of nitrogens with zero attached hydrogens (tertiary/aromatic N) is 3. The lowest BCUT2D eigenvalue weighted by Gasteiger charge is -2.38. The molecule has 4 atom stereocenters. The molecule has 0 saturated carbocycles. The van der Waals surface area contributed by atoms with Gasteiger partial charge in [-0.25, -0.2) is 9.69 Å². The number of fused-ring (bicyclic) bond motifs is 3. The van der Waals surface area contributed by atoms with E-state index < -0.39 is 40.9 Å². The van der Waals surface area contributed by atoms with E-state index in [4.69, 9.17) is 0 Å². The first-order chi connectivity index (χ1) is 17.3. The summed E-state index contributed by atoms with van der Waals surface area (Å²) in [5.74, 6) is -2.99. The molecule has 3 fully saturated rings. The van der Waals surface area contributed by atoms with Gasteiger partial charge in [0.25, 0.3) is 5.91 Å². The maximum atomic E-state index is 14.5. The summed E-state index contributed by atoms with van der Waals surface area (Å²) in [6.45, 7) is 9.40. The molecule has 2 aromatic rings. The fraction of sp³-hybridized carbons (Fsp3) is 0.429. The number of carbonyl (C=O) groups is 4. The zero-order valence-corrected chi connectivity index (χ0v) is 24.5. The van der Waals surface area contributed by atoms with Gasteiger partial charge < -0.3 is 4.90 Å². The largest absolute Gasteiger partial charge is 0.332 e. The van der Waals surface area contributed by atoms with Gasteiger partial charge in [0.1, 0.15) is 5.54 Å². The Bertz CT molecular complexity index is 1320. The molecule has 7 nitrogen and oxygen atoms in total. The second kappa shape index (κ2) is 8.76. The molecule has 37 heavy (non-hydrogen) atoms. The van der Waals surface area contributed by atoms with Gasteiger partial charge in [0.15, 0.2) is 0 Å². The van der Waals surface area contributed by atoms with Gasteiger partial charge in [-0.1, -0.05) is 63.9 Å².